The second-order valence-corrected chi connectivity index (χ2v) is 24.3. The summed E-state index contributed by atoms with van der Waals surface area (Å²) in [5.74, 6) is -3.36. The van der Waals surface area contributed by atoms with E-state index >= 15 is 0 Å². The fraction of sp³-hybridized carbons (Fsp3) is 0.783. The van der Waals surface area contributed by atoms with Crippen molar-refractivity contribution >= 4 is 23.8 Å². The van der Waals surface area contributed by atoms with E-state index in [9.17, 15) is 34.8 Å². The van der Waals surface area contributed by atoms with E-state index in [4.69, 9.17) is 66.3 Å². The molecule has 4 N–H and O–H groups in total. The summed E-state index contributed by atoms with van der Waals surface area (Å²) in [6, 6.07) is 9.22. The van der Waals surface area contributed by atoms with Gasteiger partial charge in [0, 0.05) is 78.0 Å². The fourth-order valence-corrected chi connectivity index (χ4v) is 15.5. The minimum atomic E-state index is -1.91. The number of Topliss-reactive ketones (excluding diaryl/α,β-unsaturated/α-hetero) is 1. The van der Waals surface area contributed by atoms with Crippen molar-refractivity contribution in [2.45, 2.75) is 247 Å². The maximum atomic E-state index is 13.9. The highest BCUT2D eigenvalue weighted by molar-refractivity contribution is 5.87. The molecule has 3 saturated carbocycles. The molecule has 0 amide bonds. The van der Waals surface area contributed by atoms with Gasteiger partial charge in [0.25, 0.3) is 0 Å². The molecule has 4 saturated heterocycles. The van der Waals surface area contributed by atoms with Crippen LogP contribution in [-0.4, -0.2) is 201 Å². The zero-order valence-electron chi connectivity index (χ0n) is 48.9. The van der Waals surface area contributed by atoms with E-state index in [0.29, 0.717) is 32.1 Å². The van der Waals surface area contributed by atoms with Crippen LogP contribution in [0.1, 0.15) is 119 Å². The molecule has 9 rings (SSSR count). The molecule has 21 heteroatoms. The molecule has 0 aromatic heterocycles. The van der Waals surface area contributed by atoms with Crippen LogP contribution in [0.4, 0.5) is 0 Å². The van der Waals surface area contributed by atoms with Gasteiger partial charge >= 0.3 is 11.9 Å². The van der Waals surface area contributed by atoms with Crippen molar-refractivity contribution < 1.29 is 101 Å². The molecule has 0 spiro atoms. The number of hydrogen-bond donors (Lipinski definition) is 4. The number of ether oxygens (including phenoxy) is 14. The highest BCUT2D eigenvalue weighted by atomic mass is 16.8. The monoisotopic (exact) mass is 1140 g/mol. The van der Waals surface area contributed by atoms with Crippen LogP contribution in [0.15, 0.2) is 48.1 Å². The quantitative estimate of drug-likeness (QED) is 0.0941. The number of fused-ring (bicyclic) bond motifs is 5. The summed E-state index contributed by atoms with van der Waals surface area (Å²) >= 11 is 0. The van der Waals surface area contributed by atoms with E-state index in [1.807, 2.05) is 64.1 Å². The van der Waals surface area contributed by atoms with Gasteiger partial charge in [0.05, 0.1) is 48.8 Å². The highest BCUT2D eigenvalue weighted by Crippen LogP contribution is 2.70. The van der Waals surface area contributed by atoms with E-state index in [2.05, 4.69) is 0 Å². The molecule has 26 atom stereocenters. The van der Waals surface area contributed by atoms with Crippen LogP contribution in [0.5, 0.6) is 0 Å². The Labute approximate surface area is 475 Å². The van der Waals surface area contributed by atoms with E-state index in [0.717, 1.165) is 11.1 Å². The third kappa shape index (κ3) is 11.6. The first kappa shape index (κ1) is 62.2. The predicted octanol–water partition coefficient (Wildman–Crippen LogP) is 4.63. The first-order valence-electron chi connectivity index (χ1n) is 28.9. The lowest BCUT2D eigenvalue weighted by Crippen LogP contribution is -2.80. The third-order valence-electron chi connectivity index (χ3n) is 19.7. The molecule has 4 aliphatic heterocycles. The Hall–Kier alpha value is -3.33. The SMILES string of the molecule is CO[C@H]1[C@@H](O)[C@H](O[C@@H]2[C@@H](C)O[C@@H](O[C@H]3[C@@H](OC)C[C@H](O[C@H]4[C@@H](OC)C[C@H](O[C@H]5CC[C@@]6(C)C(=CC[C@]7(O)[C@@H]6[C@H](OC(C)=O)[C@@H](OC(=O)C=Cc6ccccc6)[C@]6(C)[C@@H](C(C)=O)CC[C@@]67O)C5)O[C@@H]4C)O[C@@H]3C)C[C@H]2OC)O[C@H](C)[C@H]1O. The number of esters is 2. The van der Waals surface area contributed by atoms with E-state index < -0.39 is 163 Å². The van der Waals surface area contributed by atoms with Crippen LogP contribution >= 0.6 is 0 Å². The molecule has 1 aromatic rings. The molecule has 454 valence electrons. The average molecular weight is 1150 g/mol. The van der Waals surface area contributed by atoms with Gasteiger partial charge in [-0.05, 0) is 90.2 Å². The zero-order chi connectivity index (χ0) is 58.5. The summed E-state index contributed by atoms with van der Waals surface area (Å²) in [5, 5.41) is 47.9. The van der Waals surface area contributed by atoms with Gasteiger partial charge in [-0.2, -0.15) is 0 Å². The summed E-state index contributed by atoms with van der Waals surface area (Å²) < 4.78 is 87.5. The van der Waals surface area contributed by atoms with Gasteiger partial charge < -0.3 is 86.7 Å². The van der Waals surface area contributed by atoms with Gasteiger partial charge in [0.1, 0.15) is 65.8 Å². The Morgan fingerprint density at radius 1 is 0.642 bits per heavy atom. The molecule has 4 heterocycles. The number of rotatable bonds is 17. The van der Waals surface area contributed by atoms with Gasteiger partial charge in [0.15, 0.2) is 25.2 Å². The predicted molar refractivity (Wildman–Crippen MR) is 286 cm³/mol. The largest absolute Gasteiger partial charge is 0.458 e. The lowest BCUT2D eigenvalue weighted by molar-refractivity contribution is -0.356. The summed E-state index contributed by atoms with van der Waals surface area (Å²) in [4.78, 5) is 40.6. The maximum absolute atomic E-state index is 13.9. The zero-order valence-corrected chi connectivity index (χ0v) is 48.9. The highest BCUT2D eigenvalue weighted by Gasteiger charge is 2.81. The van der Waals surface area contributed by atoms with Crippen molar-refractivity contribution in [1.82, 2.24) is 0 Å². The average Bonchev–Trinajstić information content (AvgIpc) is 3.19. The van der Waals surface area contributed by atoms with Crippen molar-refractivity contribution in [2.75, 3.05) is 28.4 Å². The van der Waals surface area contributed by atoms with Crippen LogP contribution in [0.3, 0.4) is 0 Å². The molecule has 0 radical (unpaired) electrons. The third-order valence-corrected chi connectivity index (χ3v) is 19.7. The first-order valence-corrected chi connectivity index (χ1v) is 28.9. The Morgan fingerprint density at radius 2 is 1.20 bits per heavy atom. The minimum Gasteiger partial charge on any atom is -0.458 e. The second kappa shape index (κ2) is 24.9. The molecule has 81 heavy (non-hydrogen) atoms. The van der Waals surface area contributed by atoms with Crippen molar-refractivity contribution in [1.29, 1.82) is 0 Å². The minimum absolute atomic E-state index is 0.00277. The summed E-state index contributed by atoms with van der Waals surface area (Å²) in [5.41, 5.74) is -4.49. The number of benzene rings is 1. The van der Waals surface area contributed by atoms with Crippen LogP contribution in [0.25, 0.3) is 6.08 Å². The van der Waals surface area contributed by atoms with Gasteiger partial charge in [-0.25, -0.2) is 4.79 Å². The van der Waals surface area contributed by atoms with E-state index in [1.165, 1.54) is 27.0 Å². The van der Waals surface area contributed by atoms with E-state index in [-0.39, 0.29) is 37.6 Å². The smallest absolute Gasteiger partial charge is 0.331 e. The first-order chi connectivity index (χ1) is 38.4. The number of carbonyl (C=O) groups excluding carboxylic acids is 3. The summed E-state index contributed by atoms with van der Waals surface area (Å²) in [6.07, 6.45) is -7.08. The Bertz CT molecular complexity index is 2410. The summed E-state index contributed by atoms with van der Waals surface area (Å²) in [6.45, 7) is 13.7. The standard InChI is InChI=1S/C60H88O21/c1-30(61)39-22-25-60(67)58(39,8)55(78-43(63)19-18-36-16-14-13-15-17-36)53(76-35(6)62)54-57(7)23-21-38(26-37(57)20-24-59(54,60)66)77-44-27-40(68-9)49(32(3)72-44)79-45-28-41(69-10)50(33(4)73-45)80-46-29-42(70-11)51(34(5)74-46)81-56-48(65)52(71-12)47(64)31(2)75-56/h13-20,31-34,38-42,44-56,64-67H,21-29H2,1-12H3/t31-,32-,33-,34-,38+,39-,40+,41+,42-,44+,45+,46+,47-,48-,49-,50-,51-,52-,53+,54-,55-,56+,57+,58+,59+,60-/m1/s1. The number of methoxy groups -OCH3 is 4. The Morgan fingerprint density at radius 3 is 1.73 bits per heavy atom. The number of hydrogen-bond acceptors (Lipinski definition) is 21. The molecule has 1 aromatic carbocycles. The van der Waals surface area contributed by atoms with Crippen LogP contribution in [0.2, 0.25) is 0 Å². The molecule has 0 unspecified atom stereocenters. The number of aliphatic hydroxyl groups excluding tert-OH is 2. The summed E-state index contributed by atoms with van der Waals surface area (Å²) in [7, 11) is 6.21. The van der Waals surface area contributed by atoms with Gasteiger partial charge in [-0.3, -0.25) is 9.59 Å². The molecule has 4 aliphatic carbocycles. The number of carbonyl (C=O) groups is 3. The number of aliphatic hydroxyl groups is 4. The lowest BCUT2D eigenvalue weighted by atomic mass is 9.42. The number of ketones is 1. The van der Waals surface area contributed by atoms with Crippen molar-refractivity contribution in [3.8, 4) is 0 Å². The van der Waals surface area contributed by atoms with Crippen molar-refractivity contribution in [3.05, 3.63) is 53.6 Å². The van der Waals surface area contributed by atoms with Crippen molar-refractivity contribution in [2.24, 2.45) is 22.7 Å². The van der Waals surface area contributed by atoms with Gasteiger partial charge in [-0.15, -0.1) is 0 Å². The maximum Gasteiger partial charge on any atom is 0.331 e. The lowest BCUT2D eigenvalue weighted by Gasteiger charge is -2.68. The van der Waals surface area contributed by atoms with Crippen LogP contribution in [0, 0.1) is 22.7 Å². The van der Waals surface area contributed by atoms with Gasteiger partial charge in [-0.1, -0.05) is 55.8 Å². The topological polar surface area (TPSA) is 261 Å². The normalized spacial score (nSPS) is 47.1. The molecular formula is C60H88O21. The van der Waals surface area contributed by atoms with Crippen LogP contribution < -0.4 is 0 Å². The van der Waals surface area contributed by atoms with E-state index in [1.54, 1.807) is 41.3 Å². The Balaban J connectivity index is 0.836. The molecule has 8 aliphatic rings. The second-order valence-electron chi connectivity index (χ2n) is 24.3. The Kier molecular flexibility index (Phi) is 19.2. The molecule has 7 fully saturated rings. The van der Waals surface area contributed by atoms with Gasteiger partial charge in [0.2, 0.25) is 0 Å². The molecule has 0 bridgehead atoms. The fourth-order valence-electron chi connectivity index (χ4n) is 15.5. The van der Waals surface area contributed by atoms with Crippen molar-refractivity contribution in [3.63, 3.8) is 0 Å². The van der Waals surface area contributed by atoms with Crippen LogP contribution in [-0.2, 0) is 80.7 Å². The molecule has 21 nitrogen and oxygen atoms in total. The molecular weight excluding hydrogens is 1060 g/mol.